The Balaban J connectivity index is 4.23. The van der Waals surface area contributed by atoms with Gasteiger partial charge in [0.1, 0.15) is 0 Å². The van der Waals surface area contributed by atoms with Crippen LogP contribution in [0.5, 0.6) is 0 Å². The lowest BCUT2D eigenvalue weighted by atomic mass is 10.2. The molecule has 0 fully saturated rings. The lowest BCUT2D eigenvalue weighted by Crippen LogP contribution is -2.41. The van der Waals surface area contributed by atoms with Gasteiger partial charge in [-0.1, -0.05) is 44.6 Å². The van der Waals surface area contributed by atoms with Crippen molar-refractivity contribution in [3.05, 3.63) is 35.5 Å². The first-order valence-corrected chi connectivity index (χ1v) is 11.7. The first-order valence-electron chi connectivity index (χ1n) is 8.80. The summed E-state index contributed by atoms with van der Waals surface area (Å²) in [6, 6.07) is 0. The molecule has 0 bridgehead atoms. The quantitative estimate of drug-likeness (QED) is 0.131. The number of carbonyl (C=O) groups is 1. The molecule has 0 saturated carbocycles. The van der Waals surface area contributed by atoms with Gasteiger partial charge in [0.15, 0.2) is 8.32 Å². The van der Waals surface area contributed by atoms with Crippen LogP contribution in [0.2, 0.25) is 18.1 Å². The topological polar surface area (TPSA) is 35.5 Å². The van der Waals surface area contributed by atoms with Gasteiger partial charge in [0.2, 0.25) is 0 Å². The Labute approximate surface area is 149 Å². The van der Waals surface area contributed by atoms with Crippen LogP contribution < -0.4 is 0 Å². The molecule has 3 nitrogen and oxygen atoms in total. The summed E-state index contributed by atoms with van der Waals surface area (Å²) in [4.78, 5) is 11.3. The summed E-state index contributed by atoms with van der Waals surface area (Å²) >= 11 is 0. The Bertz CT molecular complexity index is 480. The van der Waals surface area contributed by atoms with Gasteiger partial charge in [-0.2, -0.15) is 0 Å². The Morgan fingerprint density at radius 1 is 1.12 bits per heavy atom. The number of hydrogen-bond acceptors (Lipinski definition) is 3. The molecule has 0 heterocycles. The molecule has 0 unspecified atom stereocenters. The number of ether oxygens (including phenoxy) is 1. The van der Waals surface area contributed by atoms with Gasteiger partial charge in [0.25, 0.3) is 0 Å². The SMILES string of the molecule is CCOC(=O)/C=C(C)/C=C/CC/C=C(\C)CO[Si](C)(C)C(C)(C)C. The van der Waals surface area contributed by atoms with E-state index in [4.69, 9.17) is 9.16 Å². The van der Waals surface area contributed by atoms with Gasteiger partial charge >= 0.3 is 5.97 Å². The third kappa shape index (κ3) is 9.88. The molecule has 0 rings (SSSR count). The molecule has 24 heavy (non-hydrogen) atoms. The third-order valence-corrected chi connectivity index (χ3v) is 8.78. The molecule has 0 amide bonds. The maximum Gasteiger partial charge on any atom is 0.330 e. The van der Waals surface area contributed by atoms with E-state index in [2.05, 4.69) is 52.9 Å². The number of hydrogen-bond donors (Lipinski definition) is 0. The number of carbonyl (C=O) groups excluding carboxylic acids is 1. The van der Waals surface area contributed by atoms with Crippen molar-refractivity contribution >= 4 is 14.3 Å². The van der Waals surface area contributed by atoms with Crippen LogP contribution in [0.4, 0.5) is 0 Å². The molecule has 138 valence electrons. The van der Waals surface area contributed by atoms with E-state index in [1.807, 2.05) is 13.0 Å². The Morgan fingerprint density at radius 3 is 2.29 bits per heavy atom. The monoisotopic (exact) mass is 352 g/mol. The highest BCUT2D eigenvalue weighted by atomic mass is 28.4. The number of rotatable bonds is 9. The van der Waals surface area contributed by atoms with E-state index in [9.17, 15) is 4.79 Å². The van der Waals surface area contributed by atoms with Gasteiger partial charge < -0.3 is 9.16 Å². The second-order valence-electron chi connectivity index (χ2n) is 7.72. The zero-order valence-electron chi connectivity index (χ0n) is 16.9. The summed E-state index contributed by atoms with van der Waals surface area (Å²) in [5.74, 6) is -0.279. The van der Waals surface area contributed by atoms with E-state index in [0.717, 1.165) is 25.0 Å². The first kappa shape index (κ1) is 22.9. The zero-order valence-corrected chi connectivity index (χ0v) is 17.9. The maximum absolute atomic E-state index is 11.3. The molecule has 0 aliphatic carbocycles. The van der Waals surface area contributed by atoms with Crippen molar-refractivity contribution in [3.8, 4) is 0 Å². The van der Waals surface area contributed by atoms with Crippen LogP contribution >= 0.6 is 0 Å². The summed E-state index contributed by atoms with van der Waals surface area (Å²) in [6.45, 7) is 18.3. The van der Waals surface area contributed by atoms with E-state index < -0.39 is 8.32 Å². The second kappa shape index (κ2) is 10.7. The average molecular weight is 353 g/mol. The molecule has 0 radical (unpaired) electrons. The maximum atomic E-state index is 11.3. The van der Waals surface area contributed by atoms with Gasteiger partial charge in [-0.05, 0) is 57.3 Å². The summed E-state index contributed by atoms with van der Waals surface area (Å²) in [5.41, 5.74) is 2.20. The molecule has 0 aliphatic heterocycles. The van der Waals surface area contributed by atoms with E-state index in [1.54, 1.807) is 6.92 Å². The fraction of sp³-hybridized carbons (Fsp3) is 0.650. The van der Waals surface area contributed by atoms with Crippen molar-refractivity contribution in [2.75, 3.05) is 13.2 Å². The minimum Gasteiger partial charge on any atom is -0.463 e. The summed E-state index contributed by atoms with van der Waals surface area (Å²) in [5, 5.41) is 0.249. The minimum atomic E-state index is -1.67. The fourth-order valence-corrected chi connectivity index (χ4v) is 2.70. The lowest BCUT2D eigenvalue weighted by Gasteiger charge is -2.36. The van der Waals surface area contributed by atoms with Crippen molar-refractivity contribution in [3.63, 3.8) is 0 Å². The Morgan fingerprint density at radius 2 is 1.75 bits per heavy atom. The largest absolute Gasteiger partial charge is 0.463 e. The smallest absolute Gasteiger partial charge is 0.330 e. The van der Waals surface area contributed by atoms with Crippen LogP contribution in [0.15, 0.2) is 35.5 Å². The number of esters is 1. The van der Waals surface area contributed by atoms with Gasteiger partial charge in [-0.15, -0.1) is 0 Å². The molecule has 0 aliphatic rings. The fourth-order valence-electron chi connectivity index (χ4n) is 1.68. The molecule has 0 saturated heterocycles. The van der Waals surface area contributed by atoms with Crippen molar-refractivity contribution in [2.24, 2.45) is 0 Å². The normalized spacial score (nSPS) is 14.3. The second-order valence-corrected chi connectivity index (χ2v) is 12.5. The van der Waals surface area contributed by atoms with Crippen LogP contribution in [0, 0.1) is 0 Å². The standard InChI is InChI=1S/C20H36O3Si/c1-9-22-19(21)15-17(2)13-11-10-12-14-18(3)16-23-24(7,8)20(4,5)6/h11,13-15H,9-10,12,16H2,1-8H3/b13-11+,17-15+,18-14+. The first-order chi connectivity index (χ1) is 11.0. The van der Waals surface area contributed by atoms with Crippen LogP contribution in [0.3, 0.4) is 0 Å². The highest BCUT2D eigenvalue weighted by Gasteiger charge is 2.36. The minimum absolute atomic E-state index is 0.249. The van der Waals surface area contributed by atoms with Crippen molar-refractivity contribution < 1.29 is 14.0 Å². The molecule has 0 atom stereocenters. The average Bonchev–Trinajstić information content (AvgIpc) is 2.43. The molecule has 0 N–H and O–H groups in total. The zero-order chi connectivity index (χ0) is 18.8. The number of unbranched alkanes of at least 4 members (excludes halogenated alkanes) is 1. The molecular weight excluding hydrogens is 316 g/mol. The lowest BCUT2D eigenvalue weighted by molar-refractivity contribution is -0.137. The summed E-state index contributed by atoms with van der Waals surface area (Å²) in [7, 11) is -1.67. The van der Waals surface area contributed by atoms with E-state index in [-0.39, 0.29) is 11.0 Å². The summed E-state index contributed by atoms with van der Waals surface area (Å²) < 4.78 is 11.1. The van der Waals surface area contributed by atoms with Gasteiger partial charge in [-0.25, -0.2) is 4.79 Å². The Hall–Kier alpha value is -1.13. The molecule has 4 heteroatoms. The number of allylic oxidation sites excluding steroid dienone is 4. The van der Waals surface area contributed by atoms with Crippen LogP contribution in [-0.2, 0) is 14.0 Å². The van der Waals surface area contributed by atoms with Gasteiger partial charge in [-0.3, -0.25) is 0 Å². The van der Waals surface area contributed by atoms with Gasteiger partial charge in [0.05, 0.1) is 13.2 Å². The van der Waals surface area contributed by atoms with Crippen LogP contribution in [0.1, 0.15) is 54.4 Å². The highest BCUT2D eigenvalue weighted by Crippen LogP contribution is 2.36. The van der Waals surface area contributed by atoms with Crippen LogP contribution in [-0.4, -0.2) is 27.5 Å². The van der Waals surface area contributed by atoms with E-state index in [1.165, 1.54) is 11.6 Å². The van der Waals surface area contributed by atoms with Gasteiger partial charge in [0, 0.05) is 6.08 Å². The highest BCUT2D eigenvalue weighted by molar-refractivity contribution is 6.74. The van der Waals surface area contributed by atoms with Crippen molar-refractivity contribution in [1.82, 2.24) is 0 Å². The van der Waals surface area contributed by atoms with E-state index >= 15 is 0 Å². The molecule has 0 aromatic rings. The van der Waals surface area contributed by atoms with Crippen LogP contribution in [0.25, 0.3) is 0 Å². The predicted molar refractivity (Wildman–Crippen MR) is 106 cm³/mol. The predicted octanol–water partition coefficient (Wildman–Crippen LogP) is 5.80. The summed E-state index contributed by atoms with van der Waals surface area (Å²) in [6.07, 6.45) is 9.74. The van der Waals surface area contributed by atoms with E-state index in [0.29, 0.717) is 6.61 Å². The molecule has 0 aromatic carbocycles. The third-order valence-electron chi connectivity index (χ3n) is 4.31. The molecule has 0 aromatic heterocycles. The molecule has 0 spiro atoms. The van der Waals surface area contributed by atoms with Crippen molar-refractivity contribution in [2.45, 2.75) is 72.5 Å². The Kier molecular flexibility index (Phi) is 10.2. The molecular formula is C20H36O3Si. The van der Waals surface area contributed by atoms with Crippen molar-refractivity contribution in [1.29, 1.82) is 0 Å².